The summed E-state index contributed by atoms with van der Waals surface area (Å²) < 4.78 is 34.7. The molecule has 2 aromatic heterocycles. The number of nitrogens with zero attached hydrogens (tertiary/aromatic N) is 2. The van der Waals surface area contributed by atoms with Crippen molar-refractivity contribution in [1.29, 1.82) is 0 Å². The number of carbonyl (C=O) groups excluding carboxylic acids is 1. The Kier molecular flexibility index (Phi) is 6.99. The van der Waals surface area contributed by atoms with Crippen molar-refractivity contribution in [2.75, 3.05) is 0 Å². The van der Waals surface area contributed by atoms with Crippen molar-refractivity contribution in [3.05, 3.63) is 107 Å². The van der Waals surface area contributed by atoms with Gasteiger partial charge in [-0.3, -0.25) is 4.79 Å². The predicted octanol–water partition coefficient (Wildman–Crippen LogP) is 4.32. The van der Waals surface area contributed by atoms with Gasteiger partial charge in [0.1, 0.15) is 5.76 Å². The van der Waals surface area contributed by atoms with Crippen LogP contribution in [0.2, 0.25) is 0 Å². The smallest absolute Gasteiger partial charge is 0.271 e. The summed E-state index contributed by atoms with van der Waals surface area (Å²) in [7, 11) is -3.69. The van der Waals surface area contributed by atoms with E-state index in [0.717, 1.165) is 17.1 Å². The molecule has 4 rings (SSSR count). The Balaban J connectivity index is 1.39. The lowest BCUT2D eigenvalue weighted by Gasteiger charge is -2.10. The maximum absolute atomic E-state index is 12.5. The molecule has 0 fully saturated rings. The van der Waals surface area contributed by atoms with Crippen LogP contribution in [0.15, 0.2) is 93.5 Å². The number of rotatable bonds is 8. The number of nitrogens with one attached hydrogen (secondary N) is 2. The first-order valence-electron chi connectivity index (χ1n) is 11.0. The van der Waals surface area contributed by atoms with E-state index in [1.165, 1.54) is 18.4 Å². The number of benzene rings is 2. The molecule has 2 N–H and O–H groups in total. The monoisotopic (exact) mass is 490 g/mol. The van der Waals surface area contributed by atoms with Gasteiger partial charge in [0.2, 0.25) is 10.0 Å². The largest absolute Gasteiger partial charge is 0.468 e. The first kappa shape index (κ1) is 24.2. The Morgan fingerprint density at radius 2 is 1.54 bits per heavy atom. The van der Waals surface area contributed by atoms with Crippen molar-refractivity contribution in [3.8, 4) is 5.69 Å². The molecule has 0 aliphatic heterocycles. The summed E-state index contributed by atoms with van der Waals surface area (Å²) in [6.45, 7) is 5.87. The third kappa shape index (κ3) is 5.59. The van der Waals surface area contributed by atoms with Gasteiger partial charge in [-0.25, -0.2) is 18.6 Å². The van der Waals surface area contributed by atoms with Gasteiger partial charge in [0.05, 0.1) is 23.4 Å². The van der Waals surface area contributed by atoms with Crippen LogP contribution in [0.25, 0.3) is 5.69 Å². The molecule has 35 heavy (non-hydrogen) atoms. The molecule has 0 unspecified atom stereocenters. The zero-order chi connectivity index (χ0) is 25.0. The van der Waals surface area contributed by atoms with Crippen molar-refractivity contribution < 1.29 is 17.6 Å². The Labute approximate surface area is 204 Å². The molecule has 0 atom stereocenters. The highest BCUT2D eigenvalue weighted by atomic mass is 32.2. The SMILES string of the molecule is C/C(=N\NC(=O)c1ccc(-n2c(C)ccc2C)cc1)c1ccc(S(=O)(=O)NCc2ccco2)cc1. The maximum atomic E-state index is 12.5. The van der Waals surface area contributed by atoms with E-state index >= 15 is 0 Å². The lowest BCUT2D eigenvalue weighted by atomic mass is 10.1. The molecule has 0 aliphatic carbocycles. The molecule has 4 aromatic rings. The molecule has 1 amide bonds. The predicted molar refractivity (Wildman–Crippen MR) is 134 cm³/mol. The molecule has 9 heteroatoms. The zero-order valence-corrected chi connectivity index (χ0v) is 20.5. The van der Waals surface area contributed by atoms with Gasteiger partial charge in [-0.05, 0) is 87.0 Å². The van der Waals surface area contributed by atoms with Gasteiger partial charge in [0.25, 0.3) is 5.91 Å². The minimum atomic E-state index is -3.69. The highest BCUT2D eigenvalue weighted by molar-refractivity contribution is 7.89. The van der Waals surface area contributed by atoms with E-state index in [2.05, 4.69) is 19.8 Å². The summed E-state index contributed by atoms with van der Waals surface area (Å²) in [6, 6.07) is 21.0. The first-order chi connectivity index (χ1) is 16.7. The highest BCUT2D eigenvalue weighted by Gasteiger charge is 2.15. The summed E-state index contributed by atoms with van der Waals surface area (Å²) >= 11 is 0. The normalized spacial score (nSPS) is 12.0. The average molecular weight is 491 g/mol. The Morgan fingerprint density at radius 3 is 2.14 bits per heavy atom. The summed E-state index contributed by atoms with van der Waals surface area (Å²) in [5.41, 5.74) is 7.48. The molecular weight excluding hydrogens is 464 g/mol. The molecular formula is C26H26N4O4S. The number of amides is 1. The van der Waals surface area contributed by atoms with Crippen LogP contribution in [0.1, 0.15) is 40.0 Å². The number of sulfonamides is 1. The molecule has 8 nitrogen and oxygen atoms in total. The van der Waals surface area contributed by atoms with Gasteiger partial charge in [0, 0.05) is 22.6 Å². The van der Waals surface area contributed by atoms with Gasteiger partial charge in [-0.2, -0.15) is 5.10 Å². The molecule has 0 saturated heterocycles. The summed E-state index contributed by atoms with van der Waals surface area (Å²) in [4.78, 5) is 12.7. The molecule has 0 radical (unpaired) electrons. The topological polar surface area (TPSA) is 106 Å². The lowest BCUT2D eigenvalue weighted by Crippen LogP contribution is -2.23. The molecule has 0 bridgehead atoms. The second-order valence-corrected chi connectivity index (χ2v) is 9.83. The van der Waals surface area contributed by atoms with E-state index in [1.54, 1.807) is 43.3 Å². The van der Waals surface area contributed by atoms with Crippen LogP contribution in [0.3, 0.4) is 0 Å². The van der Waals surface area contributed by atoms with Gasteiger partial charge in [0.15, 0.2) is 0 Å². The number of hydrogen-bond donors (Lipinski definition) is 2. The molecule has 0 aliphatic rings. The van der Waals surface area contributed by atoms with Crippen LogP contribution in [-0.4, -0.2) is 24.6 Å². The van der Waals surface area contributed by atoms with Crippen LogP contribution < -0.4 is 10.1 Å². The highest BCUT2D eigenvalue weighted by Crippen LogP contribution is 2.17. The molecule has 0 saturated carbocycles. The minimum absolute atomic E-state index is 0.0647. The number of hydrazone groups is 1. The van der Waals surface area contributed by atoms with E-state index in [-0.39, 0.29) is 17.3 Å². The molecule has 2 heterocycles. The minimum Gasteiger partial charge on any atom is -0.468 e. The fourth-order valence-corrected chi connectivity index (χ4v) is 4.63. The first-order valence-corrected chi connectivity index (χ1v) is 12.5. The number of aromatic nitrogens is 1. The Hall–Kier alpha value is -3.95. The van der Waals surface area contributed by atoms with Gasteiger partial charge >= 0.3 is 0 Å². The van der Waals surface area contributed by atoms with Gasteiger partial charge in [-0.15, -0.1) is 0 Å². The van der Waals surface area contributed by atoms with Gasteiger partial charge < -0.3 is 8.98 Å². The van der Waals surface area contributed by atoms with Crippen molar-refractivity contribution in [1.82, 2.24) is 14.7 Å². The standard InChI is InChI=1S/C26H26N4O4S/c1-18-6-7-19(2)30(18)23-12-8-22(9-13-23)26(31)29-28-20(3)21-10-14-25(15-11-21)35(32,33)27-17-24-5-4-16-34-24/h4-16,27H,17H2,1-3H3,(H,29,31)/b28-20+. The molecule has 2 aromatic carbocycles. The van der Waals surface area contributed by atoms with Crippen LogP contribution in [0.5, 0.6) is 0 Å². The van der Waals surface area contributed by atoms with E-state index in [9.17, 15) is 13.2 Å². The van der Waals surface area contributed by atoms with Crippen LogP contribution in [0, 0.1) is 13.8 Å². The molecule has 180 valence electrons. The number of carbonyl (C=O) groups is 1. The average Bonchev–Trinajstić information content (AvgIpc) is 3.50. The van der Waals surface area contributed by atoms with E-state index < -0.39 is 10.0 Å². The summed E-state index contributed by atoms with van der Waals surface area (Å²) in [5, 5.41) is 4.17. The zero-order valence-electron chi connectivity index (χ0n) is 19.6. The van der Waals surface area contributed by atoms with Crippen molar-refractivity contribution >= 4 is 21.6 Å². The van der Waals surface area contributed by atoms with Gasteiger partial charge in [-0.1, -0.05) is 12.1 Å². The number of furan rings is 1. The van der Waals surface area contributed by atoms with E-state index in [4.69, 9.17) is 4.42 Å². The van der Waals surface area contributed by atoms with Crippen LogP contribution in [0.4, 0.5) is 0 Å². The fourth-order valence-electron chi connectivity index (χ4n) is 3.64. The quantitative estimate of drug-likeness (QED) is 0.283. The fraction of sp³-hybridized carbons (Fsp3) is 0.154. The third-order valence-electron chi connectivity index (χ3n) is 5.58. The second kappa shape index (κ2) is 10.1. The van der Waals surface area contributed by atoms with E-state index in [1.807, 2.05) is 38.1 Å². The second-order valence-electron chi connectivity index (χ2n) is 8.06. The van der Waals surface area contributed by atoms with Crippen molar-refractivity contribution in [2.24, 2.45) is 5.10 Å². The van der Waals surface area contributed by atoms with Crippen LogP contribution >= 0.6 is 0 Å². The lowest BCUT2D eigenvalue weighted by molar-refractivity contribution is 0.0955. The maximum Gasteiger partial charge on any atom is 0.271 e. The summed E-state index contributed by atoms with van der Waals surface area (Å²) in [6.07, 6.45) is 1.49. The third-order valence-corrected chi connectivity index (χ3v) is 7.00. The van der Waals surface area contributed by atoms with E-state index in [0.29, 0.717) is 22.6 Å². The summed E-state index contributed by atoms with van der Waals surface area (Å²) in [5.74, 6) is 0.187. The van der Waals surface area contributed by atoms with Crippen molar-refractivity contribution in [3.63, 3.8) is 0 Å². The number of aryl methyl sites for hydroxylation is 2. The molecule has 0 spiro atoms. The Bertz CT molecular complexity index is 1430. The Morgan fingerprint density at radius 1 is 0.914 bits per heavy atom. The number of hydrogen-bond acceptors (Lipinski definition) is 5. The van der Waals surface area contributed by atoms with Crippen LogP contribution in [-0.2, 0) is 16.6 Å². The van der Waals surface area contributed by atoms with Crippen molar-refractivity contribution in [2.45, 2.75) is 32.2 Å².